The van der Waals surface area contributed by atoms with Crippen LogP contribution in [0.25, 0.3) is 0 Å². The predicted molar refractivity (Wildman–Crippen MR) is 105 cm³/mol. The Bertz CT molecular complexity index is 331. The molecular formula is C19H40N4O2. The Morgan fingerprint density at radius 1 is 1.08 bits per heavy atom. The van der Waals surface area contributed by atoms with E-state index in [2.05, 4.69) is 34.6 Å². The van der Waals surface area contributed by atoms with Crippen molar-refractivity contribution in [3.63, 3.8) is 0 Å². The van der Waals surface area contributed by atoms with Gasteiger partial charge in [-0.3, -0.25) is 4.99 Å². The summed E-state index contributed by atoms with van der Waals surface area (Å²) in [7, 11) is 6.10. The van der Waals surface area contributed by atoms with Crippen molar-refractivity contribution in [2.24, 2.45) is 4.99 Å². The molecule has 0 bridgehead atoms. The molecule has 1 heterocycles. The van der Waals surface area contributed by atoms with Crippen LogP contribution < -0.4 is 10.6 Å². The zero-order valence-electron chi connectivity index (χ0n) is 16.7. The molecule has 6 heteroatoms. The van der Waals surface area contributed by atoms with Crippen LogP contribution in [0.2, 0.25) is 0 Å². The van der Waals surface area contributed by atoms with Gasteiger partial charge in [0, 0.05) is 33.4 Å². The fourth-order valence-electron chi connectivity index (χ4n) is 2.88. The van der Waals surface area contributed by atoms with Crippen molar-refractivity contribution >= 4 is 5.96 Å². The third kappa shape index (κ3) is 13.1. The summed E-state index contributed by atoms with van der Waals surface area (Å²) in [6.07, 6.45) is 10.1. The molecule has 1 rings (SSSR count). The molecule has 25 heavy (non-hydrogen) atoms. The summed E-state index contributed by atoms with van der Waals surface area (Å²) < 4.78 is 11.2. The highest BCUT2D eigenvalue weighted by Gasteiger charge is 2.14. The zero-order chi connectivity index (χ0) is 18.2. The van der Waals surface area contributed by atoms with E-state index in [0.29, 0.717) is 6.10 Å². The van der Waals surface area contributed by atoms with E-state index in [9.17, 15) is 0 Å². The molecule has 148 valence electrons. The van der Waals surface area contributed by atoms with Crippen LogP contribution >= 0.6 is 0 Å². The van der Waals surface area contributed by atoms with Crippen molar-refractivity contribution in [3.8, 4) is 0 Å². The monoisotopic (exact) mass is 356 g/mol. The van der Waals surface area contributed by atoms with Crippen molar-refractivity contribution in [2.75, 3.05) is 60.6 Å². The number of aliphatic imine (C=N–C) groups is 1. The molecule has 1 saturated heterocycles. The van der Waals surface area contributed by atoms with E-state index < -0.39 is 0 Å². The van der Waals surface area contributed by atoms with E-state index in [0.717, 1.165) is 51.7 Å². The Morgan fingerprint density at radius 2 is 1.80 bits per heavy atom. The first-order chi connectivity index (χ1) is 12.2. The maximum atomic E-state index is 5.66. The molecule has 1 atom stereocenters. The number of hydrogen-bond acceptors (Lipinski definition) is 4. The number of unbranched alkanes of at least 4 members (excludes halogenated alkanes) is 4. The topological polar surface area (TPSA) is 58.1 Å². The molecule has 1 aliphatic rings. The van der Waals surface area contributed by atoms with Gasteiger partial charge in [-0.05, 0) is 52.7 Å². The number of nitrogens with zero attached hydrogens (tertiary/aromatic N) is 2. The molecule has 0 radical (unpaired) electrons. The number of hydrogen-bond donors (Lipinski definition) is 2. The lowest BCUT2D eigenvalue weighted by Gasteiger charge is -2.13. The average Bonchev–Trinajstić information content (AvgIpc) is 3.11. The molecule has 0 aromatic rings. The van der Waals surface area contributed by atoms with Gasteiger partial charge in [-0.2, -0.15) is 0 Å². The van der Waals surface area contributed by atoms with Crippen LogP contribution in [0.3, 0.4) is 0 Å². The number of nitrogens with one attached hydrogen (secondary N) is 2. The SMILES string of the molecule is CN=C(NCCCCCCCN(C)C)NCCCOCC1CCCO1. The highest BCUT2D eigenvalue weighted by atomic mass is 16.5. The van der Waals surface area contributed by atoms with Gasteiger partial charge in [-0.25, -0.2) is 0 Å². The standard InChI is InChI=1S/C19H40N4O2/c1-20-19(21-12-7-5-4-6-8-14-23(2)3)22-13-10-15-24-17-18-11-9-16-25-18/h18H,4-17H2,1-3H3,(H2,20,21,22). The summed E-state index contributed by atoms with van der Waals surface area (Å²) in [5.74, 6) is 0.895. The van der Waals surface area contributed by atoms with Crippen molar-refractivity contribution in [2.45, 2.75) is 57.5 Å². The van der Waals surface area contributed by atoms with Crippen molar-refractivity contribution < 1.29 is 9.47 Å². The predicted octanol–water partition coefficient (Wildman–Crippen LogP) is 2.25. The smallest absolute Gasteiger partial charge is 0.190 e. The molecule has 1 fully saturated rings. The van der Waals surface area contributed by atoms with E-state index in [1.165, 1.54) is 45.1 Å². The lowest BCUT2D eigenvalue weighted by molar-refractivity contribution is 0.0168. The van der Waals surface area contributed by atoms with Crippen LogP contribution in [0.1, 0.15) is 51.4 Å². The summed E-state index contributed by atoms with van der Waals surface area (Å²) in [6.45, 7) is 5.48. The normalized spacial score (nSPS) is 18.1. The minimum atomic E-state index is 0.324. The third-order valence-corrected chi connectivity index (χ3v) is 4.38. The summed E-state index contributed by atoms with van der Waals surface area (Å²) in [4.78, 5) is 6.52. The van der Waals surface area contributed by atoms with Gasteiger partial charge in [0.2, 0.25) is 0 Å². The highest BCUT2D eigenvalue weighted by molar-refractivity contribution is 5.79. The minimum Gasteiger partial charge on any atom is -0.379 e. The van der Waals surface area contributed by atoms with E-state index in [1.807, 2.05) is 7.05 Å². The molecule has 0 aliphatic carbocycles. The maximum absolute atomic E-state index is 5.66. The van der Waals surface area contributed by atoms with Gasteiger partial charge in [0.15, 0.2) is 5.96 Å². The van der Waals surface area contributed by atoms with Crippen molar-refractivity contribution in [1.29, 1.82) is 0 Å². The second-order valence-corrected chi connectivity index (χ2v) is 7.06. The molecule has 0 aromatic carbocycles. The highest BCUT2D eigenvalue weighted by Crippen LogP contribution is 2.11. The number of ether oxygens (including phenoxy) is 2. The lowest BCUT2D eigenvalue weighted by Crippen LogP contribution is -2.38. The second-order valence-electron chi connectivity index (χ2n) is 7.06. The van der Waals surface area contributed by atoms with E-state index in [-0.39, 0.29) is 0 Å². The van der Waals surface area contributed by atoms with Crippen LogP contribution in [0.5, 0.6) is 0 Å². The minimum absolute atomic E-state index is 0.324. The van der Waals surface area contributed by atoms with E-state index in [4.69, 9.17) is 9.47 Å². The molecule has 0 spiro atoms. The van der Waals surface area contributed by atoms with Crippen LogP contribution in [-0.2, 0) is 9.47 Å². The van der Waals surface area contributed by atoms with Crippen LogP contribution in [0, 0.1) is 0 Å². The van der Waals surface area contributed by atoms with Crippen LogP contribution in [0.15, 0.2) is 4.99 Å². The van der Waals surface area contributed by atoms with Crippen LogP contribution in [-0.4, -0.2) is 77.6 Å². The first kappa shape index (κ1) is 22.2. The van der Waals surface area contributed by atoms with E-state index >= 15 is 0 Å². The Labute approximate surface area is 154 Å². The first-order valence-corrected chi connectivity index (χ1v) is 10.0. The Kier molecular flexibility index (Phi) is 13.7. The van der Waals surface area contributed by atoms with E-state index in [1.54, 1.807) is 0 Å². The van der Waals surface area contributed by atoms with Crippen LogP contribution in [0.4, 0.5) is 0 Å². The summed E-state index contributed by atoms with van der Waals surface area (Å²) in [5, 5.41) is 6.73. The zero-order valence-corrected chi connectivity index (χ0v) is 16.7. The molecule has 1 aliphatic heterocycles. The second kappa shape index (κ2) is 15.4. The van der Waals surface area contributed by atoms with Gasteiger partial charge in [-0.1, -0.05) is 19.3 Å². The molecule has 6 nitrogen and oxygen atoms in total. The van der Waals surface area contributed by atoms with Gasteiger partial charge in [-0.15, -0.1) is 0 Å². The first-order valence-electron chi connectivity index (χ1n) is 10.0. The van der Waals surface area contributed by atoms with Gasteiger partial charge < -0.3 is 25.0 Å². The van der Waals surface area contributed by atoms with Gasteiger partial charge >= 0.3 is 0 Å². The Balaban J connectivity index is 1.85. The largest absolute Gasteiger partial charge is 0.379 e. The quantitative estimate of drug-likeness (QED) is 0.284. The summed E-state index contributed by atoms with van der Waals surface area (Å²) in [6, 6.07) is 0. The van der Waals surface area contributed by atoms with Gasteiger partial charge in [0.1, 0.15) is 0 Å². The number of guanidine groups is 1. The molecular weight excluding hydrogens is 316 g/mol. The number of rotatable bonds is 14. The fourth-order valence-corrected chi connectivity index (χ4v) is 2.88. The van der Waals surface area contributed by atoms with Crippen molar-refractivity contribution in [1.82, 2.24) is 15.5 Å². The molecule has 2 N–H and O–H groups in total. The van der Waals surface area contributed by atoms with Gasteiger partial charge in [0.05, 0.1) is 12.7 Å². The summed E-state index contributed by atoms with van der Waals surface area (Å²) >= 11 is 0. The summed E-state index contributed by atoms with van der Waals surface area (Å²) in [5.41, 5.74) is 0. The third-order valence-electron chi connectivity index (χ3n) is 4.38. The molecule has 0 saturated carbocycles. The lowest BCUT2D eigenvalue weighted by atomic mass is 10.1. The Hall–Kier alpha value is -0.850. The fraction of sp³-hybridized carbons (Fsp3) is 0.947. The maximum Gasteiger partial charge on any atom is 0.190 e. The molecule has 0 aromatic heterocycles. The Morgan fingerprint density at radius 3 is 2.48 bits per heavy atom. The molecule has 0 amide bonds. The molecule has 1 unspecified atom stereocenters. The van der Waals surface area contributed by atoms with Crippen molar-refractivity contribution in [3.05, 3.63) is 0 Å². The van der Waals surface area contributed by atoms with Gasteiger partial charge in [0.25, 0.3) is 0 Å². The average molecular weight is 357 g/mol.